The fourth-order valence-corrected chi connectivity index (χ4v) is 2.31. The highest BCUT2D eigenvalue weighted by Crippen LogP contribution is 2.24. The van der Waals surface area contributed by atoms with Gasteiger partial charge in [-0.2, -0.15) is 4.98 Å². The van der Waals surface area contributed by atoms with Crippen LogP contribution in [0.5, 0.6) is 0 Å². The van der Waals surface area contributed by atoms with E-state index in [1.54, 1.807) is 0 Å². The molecule has 1 aliphatic rings. The lowest BCUT2D eigenvalue weighted by Gasteiger charge is -2.28. The topological polar surface area (TPSA) is 38.2 Å². The van der Waals surface area contributed by atoms with Crippen molar-refractivity contribution >= 4 is 29.0 Å². The van der Waals surface area contributed by atoms with Crippen molar-refractivity contribution in [2.45, 2.75) is 25.4 Å². The summed E-state index contributed by atoms with van der Waals surface area (Å²) in [6.07, 6.45) is 5.22. The first-order chi connectivity index (χ1) is 8.16. The van der Waals surface area contributed by atoms with Crippen molar-refractivity contribution in [2.75, 3.05) is 25.1 Å². The first-order valence-corrected chi connectivity index (χ1v) is 6.43. The van der Waals surface area contributed by atoms with Crippen molar-refractivity contribution in [3.8, 4) is 0 Å². The van der Waals surface area contributed by atoms with E-state index in [0.29, 0.717) is 10.8 Å². The number of ether oxygens (including phenoxy) is 1. The predicted molar refractivity (Wildman–Crippen MR) is 68.9 cm³/mol. The quantitative estimate of drug-likeness (QED) is 0.796. The minimum atomic E-state index is 0.209. The molecule has 0 spiro atoms. The molecule has 1 aromatic heterocycles. The van der Waals surface area contributed by atoms with Crippen LogP contribution < -0.4 is 4.90 Å². The fourth-order valence-electron chi connectivity index (χ4n) is 1.95. The number of aromatic nitrogens is 2. The van der Waals surface area contributed by atoms with Gasteiger partial charge in [0.2, 0.25) is 5.28 Å². The molecule has 1 atom stereocenters. The number of halogens is 2. The molecule has 0 amide bonds. The standard InChI is InChI=1S/C11H15Cl2N3O/c1-16(7-8-4-2-3-5-17-8)10-9(12)6-14-11(13)15-10/h6,8H,2-5,7H2,1H3. The molecular formula is C11H15Cl2N3O. The van der Waals surface area contributed by atoms with E-state index in [1.165, 1.54) is 12.6 Å². The van der Waals surface area contributed by atoms with E-state index in [1.807, 2.05) is 11.9 Å². The normalized spacial score (nSPS) is 20.3. The smallest absolute Gasteiger partial charge is 0.224 e. The Labute approximate surface area is 111 Å². The first kappa shape index (κ1) is 12.9. The molecule has 1 fully saturated rings. The van der Waals surface area contributed by atoms with Gasteiger partial charge in [-0.05, 0) is 30.9 Å². The van der Waals surface area contributed by atoms with Crippen molar-refractivity contribution in [1.29, 1.82) is 0 Å². The summed E-state index contributed by atoms with van der Waals surface area (Å²) in [5.74, 6) is 0.654. The Kier molecular flexibility index (Phi) is 4.42. The van der Waals surface area contributed by atoms with Gasteiger partial charge in [-0.3, -0.25) is 0 Å². The molecule has 1 unspecified atom stereocenters. The molecule has 2 heterocycles. The molecule has 4 nitrogen and oxygen atoms in total. The third-order valence-corrected chi connectivity index (χ3v) is 3.26. The second-order valence-electron chi connectivity index (χ2n) is 4.18. The van der Waals surface area contributed by atoms with Gasteiger partial charge in [0.1, 0.15) is 5.02 Å². The van der Waals surface area contributed by atoms with Crippen molar-refractivity contribution in [1.82, 2.24) is 9.97 Å². The lowest BCUT2D eigenvalue weighted by atomic mass is 10.1. The summed E-state index contributed by atoms with van der Waals surface area (Å²) < 4.78 is 5.68. The second kappa shape index (κ2) is 5.85. The van der Waals surface area contributed by atoms with Crippen LogP contribution in [0.15, 0.2) is 6.20 Å². The largest absolute Gasteiger partial charge is 0.376 e. The zero-order valence-corrected chi connectivity index (χ0v) is 11.2. The van der Waals surface area contributed by atoms with Gasteiger partial charge in [-0.15, -0.1) is 0 Å². The summed E-state index contributed by atoms with van der Waals surface area (Å²) in [6.45, 7) is 1.61. The van der Waals surface area contributed by atoms with E-state index in [2.05, 4.69) is 9.97 Å². The van der Waals surface area contributed by atoms with Gasteiger partial charge in [0.25, 0.3) is 0 Å². The van der Waals surface area contributed by atoms with Crippen LogP contribution in [0.25, 0.3) is 0 Å². The van der Waals surface area contributed by atoms with E-state index in [-0.39, 0.29) is 11.4 Å². The molecule has 1 aromatic rings. The van der Waals surface area contributed by atoms with E-state index in [4.69, 9.17) is 27.9 Å². The predicted octanol–water partition coefficient (Wildman–Crippen LogP) is 2.79. The van der Waals surface area contributed by atoms with Gasteiger partial charge in [0.15, 0.2) is 5.82 Å². The number of rotatable bonds is 3. The monoisotopic (exact) mass is 275 g/mol. The van der Waals surface area contributed by atoms with E-state index >= 15 is 0 Å². The molecule has 0 bridgehead atoms. The van der Waals surface area contributed by atoms with Crippen molar-refractivity contribution in [3.63, 3.8) is 0 Å². The Balaban J connectivity index is 2.02. The van der Waals surface area contributed by atoms with Crippen molar-refractivity contribution in [3.05, 3.63) is 16.5 Å². The van der Waals surface area contributed by atoms with Gasteiger partial charge in [0.05, 0.1) is 12.3 Å². The van der Waals surface area contributed by atoms with Crippen LogP contribution in [-0.2, 0) is 4.74 Å². The van der Waals surface area contributed by atoms with Crippen LogP contribution in [0.1, 0.15) is 19.3 Å². The Morgan fingerprint density at radius 2 is 2.29 bits per heavy atom. The van der Waals surface area contributed by atoms with Gasteiger partial charge in [-0.1, -0.05) is 11.6 Å². The molecule has 1 aliphatic heterocycles. The fraction of sp³-hybridized carbons (Fsp3) is 0.636. The number of hydrogen-bond donors (Lipinski definition) is 0. The SMILES string of the molecule is CN(CC1CCCCO1)c1nc(Cl)ncc1Cl. The Morgan fingerprint density at radius 3 is 3.00 bits per heavy atom. The summed E-state index contributed by atoms with van der Waals surface area (Å²) in [5.41, 5.74) is 0. The molecule has 0 N–H and O–H groups in total. The molecule has 0 aliphatic carbocycles. The molecule has 6 heteroatoms. The molecular weight excluding hydrogens is 261 g/mol. The number of likely N-dealkylation sites (N-methyl/N-ethyl adjacent to an activating group) is 1. The minimum Gasteiger partial charge on any atom is -0.376 e. The number of anilines is 1. The highest BCUT2D eigenvalue weighted by atomic mass is 35.5. The molecule has 2 rings (SSSR count). The average Bonchev–Trinajstić information content (AvgIpc) is 2.33. The van der Waals surface area contributed by atoms with Crippen LogP contribution in [0.3, 0.4) is 0 Å². The summed E-state index contributed by atoms with van der Waals surface area (Å²) in [7, 11) is 1.93. The highest BCUT2D eigenvalue weighted by Gasteiger charge is 2.18. The summed E-state index contributed by atoms with van der Waals surface area (Å²) >= 11 is 11.8. The number of hydrogen-bond acceptors (Lipinski definition) is 4. The molecule has 0 radical (unpaired) electrons. The maximum Gasteiger partial charge on any atom is 0.224 e. The van der Waals surface area contributed by atoms with Crippen LogP contribution >= 0.6 is 23.2 Å². The zero-order chi connectivity index (χ0) is 12.3. The summed E-state index contributed by atoms with van der Waals surface area (Å²) in [6, 6.07) is 0. The zero-order valence-electron chi connectivity index (χ0n) is 9.70. The Bertz CT molecular complexity index is 383. The van der Waals surface area contributed by atoms with Gasteiger partial charge in [-0.25, -0.2) is 4.98 Å². The average molecular weight is 276 g/mol. The van der Waals surface area contributed by atoms with Gasteiger partial charge in [0, 0.05) is 20.2 Å². The summed E-state index contributed by atoms with van der Waals surface area (Å²) in [4.78, 5) is 9.93. The second-order valence-corrected chi connectivity index (χ2v) is 4.92. The van der Waals surface area contributed by atoms with Crippen LogP contribution in [0, 0.1) is 0 Å². The lowest BCUT2D eigenvalue weighted by molar-refractivity contribution is 0.0215. The number of nitrogens with zero attached hydrogens (tertiary/aromatic N) is 3. The van der Waals surface area contributed by atoms with E-state index in [9.17, 15) is 0 Å². The van der Waals surface area contributed by atoms with Crippen molar-refractivity contribution < 1.29 is 4.74 Å². The van der Waals surface area contributed by atoms with E-state index < -0.39 is 0 Å². The minimum absolute atomic E-state index is 0.209. The van der Waals surface area contributed by atoms with Gasteiger partial charge >= 0.3 is 0 Å². The third-order valence-electron chi connectivity index (χ3n) is 2.81. The molecule has 0 saturated carbocycles. The van der Waals surface area contributed by atoms with Crippen LogP contribution in [-0.4, -0.2) is 36.3 Å². The third kappa shape index (κ3) is 3.44. The Hall–Kier alpha value is -0.580. The first-order valence-electron chi connectivity index (χ1n) is 5.67. The molecule has 0 aromatic carbocycles. The maximum atomic E-state index is 6.04. The van der Waals surface area contributed by atoms with Crippen LogP contribution in [0.4, 0.5) is 5.82 Å². The van der Waals surface area contributed by atoms with Gasteiger partial charge < -0.3 is 9.64 Å². The summed E-state index contributed by atoms with van der Waals surface area (Å²) in [5, 5.41) is 0.716. The van der Waals surface area contributed by atoms with Crippen molar-refractivity contribution in [2.24, 2.45) is 0 Å². The molecule has 17 heavy (non-hydrogen) atoms. The highest BCUT2D eigenvalue weighted by molar-refractivity contribution is 6.33. The van der Waals surface area contributed by atoms with E-state index in [0.717, 1.165) is 26.0 Å². The molecule has 94 valence electrons. The van der Waals surface area contributed by atoms with Crippen LogP contribution in [0.2, 0.25) is 10.3 Å². The molecule has 1 saturated heterocycles. The Morgan fingerprint density at radius 1 is 1.47 bits per heavy atom. The lowest BCUT2D eigenvalue weighted by Crippen LogP contribution is -2.34. The maximum absolute atomic E-state index is 6.04.